The van der Waals surface area contributed by atoms with Crippen LogP contribution in [0.15, 0.2) is 59.1 Å². The van der Waals surface area contributed by atoms with Crippen molar-refractivity contribution in [3.8, 4) is 5.88 Å². The number of amides is 1. The van der Waals surface area contributed by atoms with Gasteiger partial charge in [0.15, 0.2) is 0 Å². The maximum atomic E-state index is 12.2. The number of anilines is 1. The Kier molecular flexibility index (Phi) is 5.45. The zero-order valence-corrected chi connectivity index (χ0v) is 14.6. The van der Waals surface area contributed by atoms with Gasteiger partial charge in [-0.3, -0.25) is 9.78 Å². The molecule has 2 aromatic heterocycles. The molecule has 0 spiro atoms. The first-order chi connectivity index (χ1) is 11.8. The summed E-state index contributed by atoms with van der Waals surface area (Å²) in [5, 5.41) is 4.52. The molecule has 5 nitrogen and oxygen atoms in total. The van der Waals surface area contributed by atoms with E-state index in [9.17, 15) is 4.79 Å². The van der Waals surface area contributed by atoms with Crippen LogP contribution in [-0.2, 0) is 5.75 Å². The van der Waals surface area contributed by atoms with Gasteiger partial charge in [-0.25, -0.2) is 0 Å². The number of hydrogen-bond donors (Lipinski definition) is 1. The van der Waals surface area contributed by atoms with Crippen molar-refractivity contribution >= 4 is 34.9 Å². The van der Waals surface area contributed by atoms with Gasteiger partial charge in [0.2, 0.25) is 5.88 Å². The first-order valence-electron chi connectivity index (χ1n) is 7.18. The van der Waals surface area contributed by atoms with Crippen LogP contribution in [0, 0.1) is 0 Å². The van der Waals surface area contributed by atoms with Crippen molar-refractivity contribution in [2.45, 2.75) is 10.6 Å². The van der Waals surface area contributed by atoms with Crippen molar-refractivity contribution in [3.05, 3.63) is 65.3 Å². The summed E-state index contributed by atoms with van der Waals surface area (Å²) in [5.74, 6) is 0.981. The van der Waals surface area contributed by atoms with Crippen LogP contribution in [0.5, 0.6) is 5.88 Å². The SMILES string of the molecule is COc1nscc1C(=O)Nc1ccc(SCc2cccnc2)cc1. The summed E-state index contributed by atoms with van der Waals surface area (Å²) < 4.78 is 9.08. The largest absolute Gasteiger partial charge is 0.480 e. The summed E-state index contributed by atoms with van der Waals surface area (Å²) in [6.45, 7) is 0. The number of methoxy groups -OCH3 is 1. The fraction of sp³-hybridized carbons (Fsp3) is 0.118. The molecule has 3 rings (SSSR count). The molecule has 2 heterocycles. The third kappa shape index (κ3) is 4.12. The molecule has 24 heavy (non-hydrogen) atoms. The highest BCUT2D eigenvalue weighted by Gasteiger charge is 2.14. The van der Waals surface area contributed by atoms with Gasteiger partial charge in [0.25, 0.3) is 5.91 Å². The number of hydrogen-bond acceptors (Lipinski definition) is 6. The predicted octanol–water partition coefficient (Wildman–Crippen LogP) is 4.09. The van der Waals surface area contributed by atoms with Gasteiger partial charge in [-0.2, -0.15) is 4.37 Å². The van der Waals surface area contributed by atoms with Crippen molar-refractivity contribution in [2.24, 2.45) is 0 Å². The number of ether oxygens (including phenoxy) is 1. The first kappa shape index (κ1) is 16.5. The molecule has 0 aliphatic heterocycles. The molecule has 0 atom stereocenters. The second-order valence-corrected chi connectivity index (χ2v) is 6.54. The number of nitrogens with one attached hydrogen (secondary N) is 1. The summed E-state index contributed by atoms with van der Waals surface area (Å²) >= 11 is 2.92. The number of carbonyl (C=O) groups excluding carboxylic acids is 1. The van der Waals surface area contributed by atoms with E-state index in [1.54, 1.807) is 23.3 Å². The Morgan fingerprint density at radius 3 is 2.83 bits per heavy atom. The molecule has 0 bridgehead atoms. The molecule has 1 aromatic carbocycles. The van der Waals surface area contributed by atoms with Crippen molar-refractivity contribution in [1.29, 1.82) is 0 Å². The summed E-state index contributed by atoms with van der Waals surface area (Å²) in [7, 11) is 1.50. The van der Waals surface area contributed by atoms with Gasteiger partial charge >= 0.3 is 0 Å². The molecule has 0 saturated carbocycles. The number of aromatic nitrogens is 2. The molecule has 1 amide bonds. The Morgan fingerprint density at radius 1 is 1.29 bits per heavy atom. The highest BCUT2D eigenvalue weighted by Crippen LogP contribution is 2.25. The summed E-state index contributed by atoms with van der Waals surface area (Å²) in [6.07, 6.45) is 3.63. The molecule has 0 saturated heterocycles. The summed E-state index contributed by atoms with van der Waals surface area (Å²) in [5.41, 5.74) is 2.36. The maximum Gasteiger partial charge on any atom is 0.262 e. The van der Waals surface area contributed by atoms with Crippen LogP contribution in [0.3, 0.4) is 0 Å². The van der Waals surface area contributed by atoms with Crippen LogP contribution in [-0.4, -0.2) is 22.4 Å². The molecule has 0 radical (unpaired) electrons. The van der Waals surface area contributed by atoms with Crippen molar-refractivity contribution in [1.82, 2.24) is 9.36 Å². The average molecular weight is 357 g/mol. The highest BCUT2D eigenvalue weighted by atomic mass is 32.2. The van der Waals surface area contributed by atoms with Crippen molar-refractivity contribution in [2.75, 3.05) is 12.4 Å². The predicted molar refractivity (Wildman–Crippen MR) is 96.9 cm³/mol. The van der Waals surface area contributed by atoms with Crippen LogP contribution in [0.4, 0.5) is 5.69 Å². The lowest BCUT2D eigenvalue weighted by Gasteiger charge is -2.06. The smallest absolute Gasteiger partial charge is 0.262 e. The van der Waals surface area contributed by atoms with Crippen molar-refractivity contribution < 1.29 is 9.53 Å². The first-order valence-corrected chi connectivity index (χ1v) is 9.00. The zero-order valence-electron chi connectivity index (χ0n) is 12.9. The Balaban J connectivity index is 1.59. The second-order valence-electron chi connectivity index (χ2n) is 4.87. The maximum absolute atomic E-state index is 12.2. The van der Waals surface area contributed by atoms with Gasteiger partial charge in [-0.1, -0.05) is 6.07 Å². The Bertz CT molecular complexity index is 804. The lowest BCUT2D eigenvalue weighted by molar-refractivity contribution is 0.102. The van der Waals surface area contributed by atoms with Crippen molar-refractivity contribution in [3.63, 3.8) is 0 Å². The second kappa shape index (κ2) is 7.94. The standard InChI is InChI=1S/C17H15N3O2S2/c1-22-17-15(11-24-20-17)16(21)19-13-4-6-14(7-5-13)23-10-12-3-2-8-18-9-12/h2-9,11H,10H2,1H3,(H,19,21). The summed E-state index contributed by atoms with van der Waals surface area (Å²) in [6, 6.07) is 11.7. The molecular formula is C17H15N3O2S2. The molecular weight excluding hydrogens is 342 g/mol. The van der Waals surface area contributed by atoms with E-state index in [4.69, 9.17) is 4.74 Å². The molecule has 3 aromatic rings. The van der Waals surface area contributed by atoms with Crippen LogP contribution in [0.2, 0.25) is 0 Å². The molecule has 7 heteroatoms. The Labute approximate surface area is 148 Å². The quantitative estimate of drug-likeness (QED) is 0.673. The average Bonchev–Trinajstić information content (AvgIpc) is 3.11. The number of pyridine rings is 1. The number of carbonyl (C=O) groups is 1. The van der Waals surface area contributed by atoms with E-state index in [2.05, 4.69) is 20.7 Å². The molecule has 0 aliphatic rings. The minimum absolute atomic E-state index is 0.226. The van der Waals surface area contributed by atoms with E-state index in [0.717, 1.165) is 16.3 Å². The molecule has 0 fully saturated rings. The number of rotatable bonds is 6. The van der Waals surface area contributed by atoms with E-state index in [1.807, 2.05) is 36.5 Å². The lowest BCUT2D eigenvalue weighted by Crippen LogP contribution is -2.12. The van der Waals surface area contributed by atoms with E-state index in [0.29, 0.717) is 11.4 Å². The third-order valence-electron chi connectivity index (χ3n) is 3.22. The third-order valence-corrected chi connectivity index (χ3v) is 4.91. The zero-order chi connectivity index (χ0) is 16.8. The van der Waals surface area contributed by atoms with Gasteiger partial charge in [0, 0.05) is 34.1 Å². The van der Waals surface area contributed by atoms with Crippen LogP contribution in [0.25, 0.3) is 0 Å². The van der Waals surface area contributed by atoms with Gasteiger partial charge in [-0.05, 0) is 47.4 Å². The number of benzene rings is 1. The fourth-order valence-electron chi connectivity index (χ4n) is 2.01. The summed E-state index contributed by atoms with van der Waals surface area (Å²) in [4.78, 5) is 17.5. The number of thioether (sulfide) groups is 1. The van der Waals surface area contributed by atoms with Gasteiger partial charge in [-0.15, -0.1) is 11.8 Å². The number of nitrogens with zero attached hydrogens (tertiary/aromatic N) is 2. The van der Waals surface area contributed by atoms with Gasteiger partial charge in [0.1, 0.15) is 5.56 Å². The van der Waals surface area contributed by atoms with E-state index in [-0.39, 0.29) is 5.91 Å². The normalized spacial score (nSPS) is 10.4. The molecule has 122 valence electrons. The van der Waals surface area contributed by atoms with Gasteiger partial charge in [0.05, 0.1) is 7.11 Å². The topological polar surface area (TPSA) is 64.1 Å². The van der Waals surface area contributed by atoms with E-state index < -0.39 is 0 Å². The molecule has 0 aliphatic carbocycles. The van der Waals surface area contributed by atoms with Crippen LogP contribution >= 0.6 is 23.3 Å². The van der Waals surface area contributed by atoms with E-state index >= 15 is 0 Å². The van der Waals surface area contributed by atoms with E-state index in [1.165, 1.54) is 24.2 Å². The highest BCUT2D eigenvalue weighted by molar-refractivity contribution is 7.98. The van der Waals surface area contributed by atoms with Gasteiger partial charge < -0.3 is 10.1 Å². The molecule has 0 unspecified atom stereocenters. The van der Waals surface area contributed by atoms with Crippen LogP contribution in [0.1, 0.15) is 15.9 Å². The van der Waals surface area contributed by atoms with Crippen LogP contribution < -0.4 is 10.1 Å². The Hall–Kier alpha value is -2.38. The monoisotopic (exact) mass is 357 g/mol. The minimum atomic E-state index is -0.226. The Morgan fingerprint density at radius 2 is 2.12 bits per heavy atom. The minimum Gasteiger partial charge on any atom is -0.480 e. The fourth-order valence-corrected chi connectivity index (χ4v) is 3.47. The molecule has 1 N–H and O–H groups in total. The lowest BCUT2D eigenvalue weighted by atomic mass is 10.3.